The van der Waals surface area contributed by atoms with E-state index in [1.165, 1.54) is 31.6 Å². The van der Waals surface area contributed by atoms with E-state index in [4.69, 9.17) is 18.6 Å². The summed E-state index contributed by atoms with van der Waals surface area (Å²) in [5.41, 5.74) is 1.13. The second-order valence-corrected chi connectivity index (χ2v) is 8.63. The lowest BCUT2D eigenvalue weighted by atomic mass is 9.88. The molecule has 8 nitrogen and oxygen atoms in total. The third-order valence-electron chi connectivity index (χ3n) is 5.61. The predicted octanol–water partition coefficient (Wildman–Crippen LogP) is 5.30. The summed E-state index contributed by atoms with van der Waals surface area (Å²) in [6.07, 6.45) is 6.49. The SMILES string of the molecule is COc1cc(NC(=O)C2CCCCC2)c(C(=O)OCc2csc(-c3ccco3)n2)cc1OC. The number of nitrogens with one attached hydrogen (secondary N) is 1. The van der Waals surface area contributed by atoms with Crippen LogP contribution in [0.5, 0.6) is 11.5 Å². The van der Waals surface area contributed by atoms with Gasteiger partial charge >= 0.3 is 5.97 Å². The van der Waals surface area contributed by atoms with Crippen LogP contribution in [0.15, 0.2) is 40.3 Å². The predicted molar refractivity (Wildman–Crippen MR) is 124 cm³/mol. The van der Waals surface area contributed by atoms with Crippen LogP contribution in [0.2, 0.25) is 0 Å². The van der Waals surface area contributed by atoms with Gasteiger partial charge in [0.15, 0.2) is 22.3 Å². The Balaban J connectivity index is 1.51. The largest absolute Gasteiger partial charge is 0.493 e. The number of carbonyl (C=O) groups is 2. The minimum atomic E-state index is -0.595. The van der Waals surface area contributed by atoms with Crippen molar-refractivity contribution in [3.63, 3.8) is 0 Å². The Kier molecular flexibility index (Phi) is 7.29. The quantitative estimate of drug-likeness (QED) is 0.446. The number of benzene rings is 1. The molecule has 1 fully saturated rings. The van der Waals surface area contributed by atoms with Crippen molar-refractivity contribution in [2.45, 2.75) is 38.7 Å². The zero-order valence-corrected chi connectivity index (χ0v) is 19.4. The lowest BCUT2D eigenvalue weighted by Gasteiger charge is -2.22. The third-order valence-corrected chi connectivity index (χ3v) is 6.52. The Morgan fingerprint density at radius 1 is 1.15 bits per heavy atom. The number of anilines is 1. The number of hydrogen-bond donors (Lipinski definition) is 1. The molecule has 1 aromatic carbocycles. The van der Waals surface area contributed by atoms with Crippen LogP contribution in [-0.2, 0) is 16.1 Å². The van der Waals surface area contributed by atoms with E-state index in [1.807, 2.05) is 11.4 Å². The lowest BCUT2D eigenvalue weighted by Crippen LogP contribution is -2.26. The van der Waals surface area contributed by atoms with E-state index in [9.17, 15) is 9.59 Å². The molecule has 0 atom stereocenters. The first-order chi connectivity index (χ1) is 16.1. The Morgan fingerprint density at radius 3 is 2.61 bits per heavy atom. The first kappa shape index (κ1) is 22.8. The molecule has 4 rings (SSSR count). The highest BCUT2D eigenvalue weighted by Gasteiger charge is 2.25. The van der Waals surface area contributed by atoms with Gasteiger partial charge in [0.05, 0.1) is 37.4 Å². The molecule has 0 aliphatic heterocycles. The van der Waals surface area contributed by atoms with Crippen LogP contribution in [0, 0.1) is 5.92 Å². The molecule has 0 bridgehead atoms. The number of rotatable bonds is 8. The number of esters is 1. The first-order valence-corrected chi connectivity index (χ1v) is 11.7. The van der Waals surface area contributed by atoms with Gasteiger partial charge in [-0.25, -0.2) is 9.78 Å². The van der Waals surface area contributed by atoms with Gasteiger partial charge in [-0.1, -0.05) is 19.3 Å². The van der Waals surface area contributed by atoms with Gasteiger partial charge in [-0.15, -0.1) is 11.3 Å². The van der Waals surface area contributed by atoms with E-state index < -0.39 is 5.97 Å². The molecule has 0 saturated heterocycles. The summed E-state index contributed by atoms with van der Waals surface area (Å²) >= 11 is 1.40. The molecule has 0 spiro atoms. The number of hydrogen-bond acceptors (Lipinski definition) is 8. The molecule has 1 saturated carbocycles. The van der Waals surface area contributed by atoms with Crippen molar-refractivity contribution in [3.05, 3.63) is 47.2 Å². The summed E-state index contributed by atoms with van der Waals surface area (Å²) in [5, 5.41) is 5.42. The Hall–Kier alpha value is -3.33. The molecule has 2 heterocycles. The second kappa shape index (κ2) is 10.5. The average Bonchev–Trinajstić information content (AvgIpc) is 3.55. The summed E-state index contributed by atoms with van der Waals surface area (Å²) in [4.78, 5) is 30.3. The van der Waals surface area contributed by atoms with Crippen LogP contribution in [0.1, 0.15) is 48.2 Å². The number of ether oxygens (including phenoxy) is 3. The van der Waals surface area contributed by atoms with Gasteiger partial charge in [-0.05, 0) is 25.0 Å². The Morgan fingerprint density at radius 2 is 1.91 bits per heavy atom. The van der Waals surface area contributed by atoms with Gasteiger partial charge in [-0.2, -0.15) is 0 Å². The molecule has 9 heteroatoms. The summed E-state index contributed by atoms with van der Waals surface area (Å²) < 4.78 is 21.6. The minimum Gasteiger partial charge on any atom is -0.493 e. The topological polar surface area (TPSA) is 99.9 Å². The van der Waals surface area contributed by atoms with Gasteiger partial charge in [0.1, 0.15) is 6.61 Å². The number of amides is 1. The van der Waals surface area contributed by atoms with E-state index in [0.717, 1.165) is 32.1 Å². The molecule has 174 valence electrons. The average molecular weight is 471 g/mol. The lowest BCUT2D eigenvalue weighted by molar-refractivity contribution is -0.120. The fraction of sp³-hybridized carbons (Fsp3) is 0.375. The summed E-state index contributed by atoms with van der Waals surface area (Å²) in [6.45, 7) is -0.0135. The van der Waals surface area contributed by atoms with Crippen molar-refractivity contribution >= 4 is 28.9 Å². The zero-order chi connectivity index (χ0) is 23.2. The molecule has 0 unspecified atom stereocenters. The van der Waals surface area contributed by atoms with E-state index in [-0.39, 0.29) is 24.0 Å². The highest BCUT2D eigenvalue weighted by atomic mass is 32.1. The van der Waals surface area contributed by atoms with Crippen LogP contribution in [-0.4, -0.2) is 31.1 Å². The van der Waals surface area contributed by atoms with E-state index in [0.29, 0.717) is 33.6 Å². The Labute approximate surface area is 195 Å². The normalized spacial score (nSPS) is 14.0. The van der Waals surface area contributed by atoms with Gasteiger partial charge in [-0.3, -0.25) is 4.79 Å². The first-order valence-electron chi connectivity index (χ1n) is 10.8. The van der Waals surface area contributed by atoms with Crippen molar-refractivity contribution in [1.29, 1.82) is 0 Å². The van der Waals surface area contributed by atoms with Crippen molar-refractivity contribution < 1.29 is 28.2 Å². The summed E-state index contributed by atoms with van der Waals surface area (Å²) in [6, 6.07) is 6.72. The van der Waals surface area contributed by atoms with Crippen LogP contribution in [0.4, 0.5) is 5.69 Å². The van der Waals surface area contributed by atoms with Crippen LogP contribution in [0.25, 0.3) is 10.8 Å². The molecule has 33 heavy (non-hydrogen) atoms. The van der Waals surface area contributed by atoms with E-state index >= 15 is 0 Å². The fourth-order valence-electron chi connectivity index (χ4n) is 3.85. The molecule has 0 radical (unpaired) electrons. The van der Waals surface area contributed by atoms with E-state index in [2.05, 4.69) is 10.3 Å². The van der Waals surface area contributed by atoms with Gasteiger partial charge in [0, 0.05) is 23.4 Å². The highest BCUT2D eigenvalue weighted by Crippen LogP contribution is 2.35. The smallest absolute Gasteiger partial charge is 0.340 e. The molecule has 2 aromatic heterocycles. The van der Waals surface area contributed by atoms with Crippen LogP contribution >= 0.6 is 11.3 Å². The number of aromatic nitrogens is 1. The summed E-state index contributed by atoms with van der Waals surface area (Å²) in [7, 11) is 2.99. The zero-order valence-electron chi connectivity index (χ0n) is 18.6. The van der Waals surface area contributed by atoms with Crippen molar-refractivity contribution in [2.24, 2.45) is 5.92 Å². The molecule has 1 aliphatic rings. The number of carbonyl (C=O) groups excluding carboxylic acids is 2. The molecular formula is C24H26N2O6S. The Bertz CT molecular complexity index is 1100. The van der Waals surface area contributed by atoms with Crippen molar-refractivity contribution in [2.75, 3.05) is 19.5 Å². The number of methoxy groups -OCH3 is 2. The van der Waals surface area contributed by atoms with Crippen LogP contribution in [0.3, 0.4) is 0 Å². The molecule has 3 aromatic rings. The monoisotopic (exact) mass is 470 g/mol. The molecule has 1 N–H and O–H groups in total. The summed E-state index contributed by atoms with van der Waals surface area (Å²) in [5.74, 6) is 0.682. The maximum atomic E-state index is 13.0. The molecular weight excluding hydrogens is 444 g/mol. The van der Waals surface area contributed by atoms with Gasteiger partial charge < -0.3 is 23.9 Å². The highest BCUT2D eigenvalue weighted by molar-refractivity contribution is 7.13. The maximum Gasteiger partial charge on any atom is 0.340 e. The van der Waals surface area contributed by atoms with E-state index in [1.54, 1.807) is 18.4 Å². The minimum absolute atomic E-state index is 0.0135. The fourth-order valence-corrected chi connectivity index (χ4v) is 4.63. The third kappa shape index (κ3) is 5.36. The maximum absolute atomic E-state index is 13.0. The van der Waals surface area contributed by atoms with Crippen molar-refractivity contribution in [1.82, 2.24) is 4.98 Å². The van der Waals surface area contributed by atoms with Crippen molar-refractivity contribution in [3.8, 4) is 22.3 Å². The molecule has 1 amide bonds. The van der Waals surface area contributed by atoms with Gasteiger partial charge in [0.25, 0.3) is 0 Å². The number of furan rings is 1. The van der Waals surface area contributed by atoms with Gasteiger partial charge in [0.2, 0.25) is 5.91 Å². The number of nitrogens with zero attached hydrogens (tertiary/aromatic N) is 1. The second-order valence-electron chi connectivity index (χ2n) is 7.77. The molecule has 1 aliphatic carbocycles. The van der Waals surface area contributed by atoms with Crippen LogP contribution < -0.4 is 14.8 Å². The standard InChI is InChI=1S/C24H26N2O6S/c1-29-20-11-17(18(12-21(20)30-2)26-22(27)15-7-4-3-5-8-15)24(28)32-13-16-14-33-23(25-16)19-9-6-10-31-19/h6,9-12,14-15H,3-5,7-8,13H2,1-2H3,(H,26,27). The number of thiazole rings is 1.